The van der Waals surface area contributed by atoms with E-state index in [-0.39, 0.29) is 30.9 Å². The molecule has 1 amide bonds. The molecule has 4 rings (SSSR count). The van der Waals surface area contributed by atoms with Gasteiger partial charge in [0.05, 0.1) is 11.0 Å². The lowest BCUT2D eigenvalue weighted by Gasteiger charge is -2.10. The Morgan fingerprint density at radius 2 is 1.96 bits per heavy atom. The van der Waals surface area contributed by atoms with Gasteiger partial charge < -0.3 is 19.8 Å². The van der Waals surface area contributed by atoms with Gasteiger partial charge in [-0.3, -0.25) is 19.0 Å². The summed E-state index contributed by atoms with van der Waals surface area (Å²) < 4.78 is 24.9. The monoisotopic (exact) mass is 371 g/mol. The number of fused-ring (bicyclic) bond motifs is 2. The topological polar surface area (TPSA) is 102 Å². The number of amides is 1. The smallest absolute Gasteiger partial charge is 0.317 e. The number of nitrogens with zero attached hydrogens (tertiary/aromatic N) is 1. The van der Waals surface area contributed by atoms with Crippen molar-refractivity contribution in [1.82, 2.24) is 14.9 Å². The Labute approximate surface area is 151 Å². The van der Waals surface area contributed by atoms with Crippen LogP contribution in [0.15, 0.2) is 46.0 Å². The van der Waals surface area contributed by atoms with Crippen molar-refractivity contribution in [2.75, 3.05) is 6.79 Å². The first-order valence-electron chi connectivity index (χ1n) is 8.09. The summed E-state index contributed by atoms with van der Waals surface area (Å²) in [7, 11) is 0. The van der Waals surface area contributed by atoms with Gasteiger partial charge in [-0.1, -0.05) is 6.07 Å². The van der Waals surface area contributed by atoms with Gasteiger partial charge >= 0.3 is 11.1 Å². The second-order valence-electron chi connectivity index (χ2n) is 5.97. The summed E-state index contributed by atoms with van der Waals surface area (Å²) in [4.78, 5) is 38.5. The Morgan fingerprint density at radius 3 is 2.81 bits per heavy atom. The van der Waals surface area contributed by atoms with Crippen molar-refractivity contribution in [2.24, 2.45) is 0 Å². The molecular formula is C18H14FN3O5. The first-order chi connectivity index (χ1) is 13.0. The highest BCUT2D eigenvalue weighted by Gasteiger charge is 2.15. The molecule has 0 radical (unpaired) electrons. The van der Waals surface area contributed by atoms with Gasteiger partial charge in [0.2, 0.25) is 12.7 Å². The van der Waals surface area contributed by atoms with Crippen LogP contribution in [0.1, 0.15) is 5.56 Å². The largest absolute Gasteiger partial charge is 0.454 e. The second-order valence-corrected chi connectivity index (χ2v) is 5.97. The molecule has 138 valence electrons. The summed E-state index contributed by atoms with van der Waals surface area (Å²) in [5.41, 5.74) is -0.607. The van der Waals surface area contributed by atoms with Gasteiger partial charge in [0.15, 0.2) is 11.5 Å². The van der Waals surface area contributed by atoms with Crippen molar-refractivity contribution in [1.29, 1.82) is 0 Å². The normalized spacial score (nSPS) is 12.3. The molecule has 0 bridgehead atoms. The van der Waals surface area contributed by atoms with Crippen molar-refractivity contribution in [3.05, 3.63) is 68.5 Å². The van der Waals surface area contributed by atoms with E-state index in [4.69, 9.17) is 9.47 Å². The summed E-state index contributed by atoms with van der Waals surface area (Å²) in [5.74, 6) is 0.209. The molecule has 0 unspecified atom stereocenters. The van der Waals surface area contributed by atoms with Crippen LogP contribution in [0.2, 0.25) is 0 Å². The summed E-state index contributed by atoms with van der Waals surface area (Å²) in [6.45, 7) is -0.000300. The van der Waals surface area contributed by atoms with Gasteiger partial charge in [0, 0.05) is 6.54 Å². The number of nitrogens with one attached hydrogen (secondary N) is 2. The Morgan fingerprint density at radius 1 is 1.15 bits per heavy atom. The van der Waals surface area contributed by atoms with Gasteiger partial charge in [-0.2, -0.15) is 0 Å². The molecule has 0 saturated carbocycles. The lowest BCUT2D eigenvalue weighted by Crippen LogP contribution is -2.40. The predicted octanol–water partition coefficient (Wildman–Crippen LogP) is 0.874. The lowest BCUT2D eigenvalue weighted by atomic mass is 10.2. The quantitative estimate of drug-likeness (QED) is 0.663. The van der Waals surface area contributed by atoms with Crippen molar-refractivity contribution in [3.8, 4) is 11.5 Å². The molecule has 1 aromatic heterocycles. The number of halogens is 1. The molecule has 1 aliphatic heterocycles. The fraction of sp³-hybridized carbons (Fsp3) is 0.167. The van der Waals surface area contributed by atoms with Gasteiger partial charge in [-0.05, 0) is 35.9 Å². The van der Waals surface area contributed by atoms with Crippen molar-refractivity contribution in [2.45, 2.75) is 13.1 Å². The highest BCUT2D eigenvalue weighted by molar-refractivity contribution is 5.80. The standard InChI is InChI=1S/C18H14FN3O5/c19-11-2-3-13-12(6-11)21-17(24)18(25)22(13)8-16(23)20-7-10-1-4-14-15(5-10)27-9-26-14/h1-6H,7-9H2,(H,20,23)(H,21,24). The predicted molar refractivity (Wildman–Crippen MR) is 93.2 cm³/mol. The molecule has 0 saturated heterocycles. The third kappa shape index (κ3) is 3.26. The molecule has 0 aliphatic carbocycles. The summed E-state index contributed by atoms with van der Waals surface area (Å²) in [5, 5.41) is 2.68. The first-order valence-corrected chi connectivity index (χ1v) is 8.09. The van der Waals surface area contributed by atoms with Gasteiger partial charge in [0.1, 0.15) is 12.4 Å². The number of H-pyrrole nitrogens is 1. The van der Waals surface area contributed by atoms with Crippen molar-refractivity contribution in [3.63, 3.8) is 0 Å². The van der Waals surface area contributed by atoms with Crippen LogP contribution in [0.25, 0.3) is 11.0 Å². The van der Waals surface area contributed by atoms with Crippen molar-refractivity contribution < 1.29 is 18.7 Å². The van der Waals surface area contributed by atoms with Gasteiger partial charge in [-0.15, -0.1) is 0 Å². The van der Waals surface area contributed by atoms with Crippen LogP contribution in [-0.4, -0.2) is 22.3 Å². The molecule has 3 aromatic rings. The number of aromatic nitrogens is 2. The van der Waals surface area contributed by atoms with E-state index in [0.29, 0.717) is 11.5 Å². The number of rotatable bonds is 4. The molecule has 2 aromatic carbocycles. The van der Waals surface area contributed by atoms with E-state index in [1.165, 1.54) is 6.07 Å². The number of carbonyl (C=O) groups is 1. The minimum Gasteiger partial charge on any atom is -0.454 e. The molecular weight excluding hydrogens is 357 g/mol. The number of carbonyl (C=O) groups excluding carboxylic acids is 1. The Kier molecular flexibility index (Phi) is 4.11. The van der Waals surface area contributed by atoms with E-state index in [1.807, 2.05) is 0 Å². The maximum absolute atomic E-state index is 13.4. The zero-order valence-corrected chi connectivity index (χ0v) is 14.0. The third-order valence-electron chi connectivity index (χ3n) is 4.17. The highest BCUT2D eigenvalue weighted by atomic mass is 19.1. The lowest BCUT2D eigenvalue weighted by molar-refractivity contribution is -0.121. The summed E-state index contributed by atoms with van der Waals surface area (Å²) in [6.07, 6.45) is 0. The minimum atomic E-state index is -0.920. The third-order valence-corrected chi connectivity index (χ3v) is 4.17. The average Bonchev–Trinajstić information content (AvgIpc) is 3.11. The number of hydrogen-bond acceptors (Lipinski definition) is 5. The molecule has 0 fully saturated rings. The van der Waals surface area contributed by atoms with E-state index < -0.39 is 22.8 Å². The first kappa shape index (κ1) is 16.8. The number of aromatic amines is 1. The highest BCUT2D eigenvalue weighted by Crippen LogP contribution is 2.32. The van der Waals surface area contributed by atoms with Crippen LogP contribution in [-0.2, 0) is 17.9 Å². The zero-order valence-electron chi connectivity index (χ0n) is 14.0. The molecule has 0 spiro atoms. The van der Waals surface area contributed by atoms with Crippen LogP contribution in [0.3, 0.4) is 0 Å². The number of ether oxygens (including phenoxy) is 2. The maximum atomic E-state index is 13.4. The molecule has 0 atom stereocenters. The van der Waals surface area contributed by atoms with Crippen LogP contribution >= 0.6 is 0 Å². The Balaban J connectivity index is 1.54. The van der Waals surface area contributed by atoms with Crippen LogP contribution in [0, 0.1) is 5.82 Å². The molecule has 8 nitrogen and oxygen atoms in total. The second kappa shape index (κ2) is 6.60. The molecule has 27 heavy (non-hydrogen) atoms. The van der Waals surface area contributed by atoms with E-state index in [9.17, 15) is 18.8 Å². The fourth-order valence-corrected chi connectivity index (χ4v) is 2.86. The Hall–Kier alpha value is -3.62. The molecule has 2 N–H and O–H groups in total. The number of benzene rings is 2. The molecule has 9 heteroatoms. The van der Waals surface area contributed by atoms with E-state index in [0.717, 1.165) is 22.3 Å². The summed E-state index contributed by atoms with van der Waals surface area (Å²) >= 11 is 0. The van der Waals surface area contributed by atoms with Gasteiger partial charge in [0.25, 0.3) is 0 Å². The van der Waals surface area contributed by atoms with Crippen LogP contribution in [0.4, 0.5) is 4.39 Å². The Bertz CT molecular complexity index is 1170. The molecule has 1 aliphatic rings. The zero-order chi connectivity index (χ0) is 19.0. The fourth-order valence-electron chi connectivity index (χ4n) is 2.86. The number of hydrogen-bond donors (Lipinski definition) is 2. The van der Waals surface area contributed by atoms with E-state index in [2.05, 4.69) is 10.3 Å². The van der Waals surface area contributed by atoms with Crippen molar-refractivity contribution >= 4 is 16.9 Å². The van der Waals surface area contributed by atoms with Crippen LogP contribution < -0.4 is 25.9 Å². The molecule has 2 heterocycles. The minimum absolute atomic E-state index is 0.142. The summed E-state index contributed by atoms with van der Waals surface area (Å²) in [6, 6.07) is 8.87. The average molecular weight is 371 g/mol. The van der Waals surface area contributed by atoms with Gasteiger partial charge in [-0.25, -0.2) is 4.39 Å². The van der Waals surface area contributed by atoms with Crippen LogP contribution in [0.5, 0.6) is 11.5 Å². The maximum Gasteiger partial charge on any atom is 0.317 e. The van der Waals surface area contributed by atoms with E-state index >= 15 is 0 Å². The SMILES string of the molecule is O=C(Cn1c(=O)c(=O)[nH]c2cc(F)ccc21)NCc1ccc2c(c1)OCO2. The van der Waals surface area contributed by atoms with E-state index in [1.54, 1.807) is 18.2 Å².